The maximum Gasteiger partial charge on any atom is 0.135 e. The third-order valence-electron chi connectivity index (χ3n) is 2.85. The Hall–Kier alpha value is -1.78. The summed E-state index contributed by atoms with van der Waals surface area (Å²) in [4.78, 5) is 1.42. The molecule has 0 atom stereocenters. The van der Waals surface area contributed by atoms with E-state index in [2.05, 4.69) is 6.58 Å². The summed E-state index contributed by atoms with van der Waals surface area (Å²) in [5, 5.41) is 0.302. The Balaban J connectivity index is 2.02. The SMILES string of the molecule is C=C1C=C(Sc2ccc(F)cc2Cl)c2cc(F)ccc2O1. The van der Waals surface area contributed by atoms with E-state index >= 15 is 0 Å². The molecule has 0 N–H and O–H groups in total. The molecule has 5 heteroatoms. The monoisotopic (exact) mass is 322 g/mol. The number of hydrogen-bond acceptors (Lipinski definition) is 2. The zero-order valence-corrected chi connectivity index (χ0v) is 12.3. The lowest BCUT2D eigenvalue weighted by atomic mass is 10.1. The average molecular weight is 323 g/mol. The minimum atomic E-state index is -0.402. The van der Waals surface area contributed by atoms with Crippen LogP contribution in [0.25, 0.3) is 4.91 Å². The first kappa shape index (κ1) is 14.2. The Morgan fingerprint density at radius 1 is 1.05 bits per heavy atom. The molecule has 3 rings (SSSR count). The van der Waals surface area contributed by atoms with Gasteiger partial charge in [-0.3, -0.25) is 0 Å². The average Bonchev–Trinajstić information content (AvgIpc) is 2.42. The molecule has 0 unspecified atom stereocenters. The molecule has 0 bridgehead atoms. The number of fused-ring (bicyclic) bond motifs is 1. The van der Waals surface area contributed by atoms with Crippen molar-refractivity contribution < 1.29 is 13.5 Å². The lowest BCUT2D eigenvalue weighted by Gasteiger charge is -2.19. The largest absolute Gasteiger partial charge is 0.457 e. The number of hydrogen-bond donors (Lipinski definition) is 0. The van der Waals surface area contributed by atoms with E-state index in [-0.39, 0.29) is 5.82 Å². The fourth-order valence-corrected chi connectivity index (χ4v) is 3.21. The van der Waals surface area contributed by atoms with Gasteiger partial charge in [0.25, 0.3) is 0 Å². The third kappa shape index (κ3) is 2.96. The first-order chi connectivity index (χ1) is 10.0. The van der Waals surface area contributed by atoms with Crippen molar-refractivity contribution in [3.05, 3.63) is 77.0 Å². The summed E-state index contributed by atoms with van der Waals surface area (Å²) < 4.78 is 32.0. The molecule has 2 aromatic carbocycles. The second-order valence-electron chi connectivity index (χ2n) is 4.39. The van der Waals surface area contributed by atoms with Crippen molar-refractivity contribution in [2.45, 2.75) is 4.90 Å². The van der Waals surface area contributed by atoms with Crippen LogP contribution in [-0.4, -0.2) is 0 Å². The van der Waals surface area contributed by atoms with Gasteiger partial charge in [-0.2, -0.15) is 0 Å². The Labute approximate surface area is 129 Å². The smallest absolute Gasteiger partial charge is 0.135 e. The van der Waals surface area contributed by atoms with Crippen LogP contribution < -0.4 is 4.74 Å². The van der Waals surface area contributed by atoms with Crippen molar-refractivity contribution >= 4 is 28.3 Å². The normalized spacial score (nSPS) is 13.5. The van der Waals surface area contributed by atoms with Gasteiger partial charge in [0, 0.05) is 15.4 Å². The molecule has 21 heavy (non-hydrogen) atoms. The topological polar surface area (TPSA) is 9.23 Å². The maximum atomic E-state index is 13.4. The van der Waals surface area contributed by atoms with Crippen molar-refractivity contribution in [3.63, 3.8) is 0 Å². The quantitative estimate of drug-likeness (QED) is 0.705. The Bertz CT molecular complexity index is 771. The summed E-state index contributed by atoms with van der Waals surface area (Å²) in [5.74, 6) is 0.224. The van der Waals surface area contributed by atoms with Crippen LogP contribution in [0.15, 0.2) is 59.7 Å². The summed E-state index contributed by atoms with van der Waals surface area (Å²) >= 11 is 7.34. The van der Waals surface area contributed by atoms with Gasteiger partial charge in [0.05, 0.1) is 5.02 Å². The highest BCUT2D eigenvalue weighted by atomic mass is 35.5. The Morgan fingerprint density at radius 3 is 2.52 bits per heavy atom. The predicted molar refractivity (Wildman–Crippen MR) is 81.4 cm³/mol. The molecule has 0 radical (unpaired) electrons. The molecule has 0 aromatic heterocycles. The van der Waals surface area contributed by atoms with Crippen LogP contribution in [0, 0.1) is 11.6 Å². The van der Waals surface area contributed by atoms with Gasteiger partial charge in [0.2, 0.25) is 0 Å². The summed E-state index contributed by atoms with van der Waals surface area (Å²) in [6.07, 6.45) is 1.70. The van der Waals surface area contributed by atoms with Gasteiger partial charge >= 0.3 is 0 Å². The summed E-state index contributed by atoms with van der Waals surface area (Å²) in [6, 6.07) is 8.42. The van der Waals surface area contributed by atoms with E-state index in [4.69, 9.17) is 16.3 Å². The highest BCUT2D eigenvalue weighted by molar-refractivity contribution is 8.08. The highest BCUT2D eigenvalue weighted by Gasteiger charge is 2.19. The number of allylic oxidation sites excluding steroid dienone is 1. The molecule has 0 amide bonds. The fourth-order valence-electron chi connectivity index (χ4n) is 1.94. The molecular weight excluding hydrogens is 314 g/mol. The molecule has 0 fully saturated rings. The van der Waals surface area contributed by atoms with E-state index in [0.29, 0.717) is 27.0 Å². The molecule has 0 saturated carbocycles. The molecule has 1 heterocycles. The first-order valence-corrected chi connectivity index (χ1v) is 7.23. The van der Waals surface area contributed by atoms with Gasteiger partial charge in [0.1, 0.15) is 23.1 Å². The number of ether oxygens (including phenoxy) is 1. The van der Waals surface area contributed by atoms with Crippen LogP contribution in [0.4, 0.5) is 8.78 Å². The minimum Gasteiger partial charge on any atom is -0.457 e. The lowest BCUT2D eigenvalue weighted by molar-refractivity contribution is 0.440. The summed E-state index contributed by atoms with van der Waals surface area (Å²) in [6.45, 7) is 3.77. The van der Waals surface area contributed by atoms with Crippen molar-refractivity contribution in [1.82, 2.24) is 0 Å². The van der Waals surface area contributed by atoms with Gasteiger partial charge in [0.15, 0.2) is 0 Å². The van der Waals surface area contributed by atoms with Crippen LogP contribution >= 0.6 is 23.4 Å². The second kappa shape index (κ2) is 5.54. The summed E-state index contributed by atoms with van der Waals surface area (Å²) in [5.41, 5.74) is 0.618. The van der Waals surface area contributed by atoms with Crippen molar-refractivity contribution in [2.24, 2.45) is 0 Å². The number of rotatable bonds is 2. The molecule has 1 aliphatic rings. The van der Waals surface area contributed by atoms with Crippen LogP contribution in [0.1, 0.15) is 5.56 Å². The van der Waals surface area contributed by atoms with Crippen LogP contribution in [0.3, 0.4) is 0 Å². The molecule has 1 nitrogen and oxygen atoms in total. The summed E-state index contributed by atoms with van der Waals surface area (Å²) in [7, 11) is 0. The third-order valence-corrected chi connectivity index (χ3v) is 4.41. The van der Waals surface area contributed by atoms with Crippen LogP contribution in [-0.2, 0) is 0 Å². The van der Waals surface area contributed by atoms with Gasteiger partial charge in [-0.05, 0) is 42.5 Å². The van der Waals surface area contributed by atoms with Crippen molar-refractivity contribution in [2.75, 3.05) is 0 Å². The van der Waals surface area contributed by atoms with Crippen LogP contribution in [0.2, 0.25) is 5.02 Å². The van der Waals surface area contributed by atoms with Crippen molar-refractivity contribution in [3.8, 4) is 5.75 Å². The molecule has 1 aliphatic heterocycles. The standard InChI is InChI=1S/C16H9ClF2OS/c1-9-6-16(12-7-10(18)2-4-14(12)20-9)21-15-5-3-11(19)8-13(15)17/h2-8H,1H2. The second-order valence-corrected chi connectivity index (χ2v) is 5.89. The first-order valence-electron chi connectivity index (χ1n) is 6.04. The molecule has 0 saturated heterocycles. The predicted octanol–water partition coefficient (Wildman–Crippen LogP) is 5.66. The fraction of sp³-hybridized carbons (Fsp3) is 0. The Morgan fingerprint density at radius 2 is 1.76 bits per heavy atom. The number of benzene rings is 2. The van der Waals surface area contributed by atoms with E-state index in [1.54, 1.807) is 18.2 Å². The maximum absolute atomic E-state index is 13.4. The molecule has 0 aliphatic carbocycles. The number of thioether (sulfide) groups is 1. The van der Waals surface area contributed by atoms with Crippen LogP contribution in [0.5, 0.6) is 5.75 Å². The van der Waals surface area contributed by atoms with Gasteiger partial charge in [-0.1, -0.05) is 29.9 Å². The molecule has 106 valence electrons. The zero-order chi connectivity index (χ0) is 15.0. The van der Waals surface area contributed by atoms with Gasteiger partial charge < -0.3 is 4.74 Å². The highest BCUT2D eigenvalue weighted by Crippen LogP contribution is 2.44. The van der Waals surface area contributed by atoms with E-state index in [1.165, 1.54) is 36.0 Å². The van der Waals surface area contributed by atoms with E-state index < -0.39 is 5.82 Å². The van der Waals surface area contributed by atoms with E-state index in [9.17, 15) is 8.78 Å². The van der Waals surface area contributed by atoms with Crippen molar-refractivity contribution in [1.29, 1.82) is 0 Å². The Kier molecular flexibility index (Phi) is 3.74. The van der Waals surface area contributed by atoms with Gasteiger partial charge in [-0.15, -0.1) is 0 Å². The van der Waals surface area contributed by atoms with Gasteiger partial charge in [-0.25, -0.2) is 8.78 Å². The molecular formula is C16H9ClF2OS. The zero-order valence-electron chi connectivity index (χ0n) is 10.7. The lowest BCUT2D eigenvalue weighted by Crippen LogP contribution is -2.01. The number of halogens is 3. The molecule has 2 aromatic rings. The molecule has 0 spiro atoms. The van der Waals surface area contributed by atoms with E-state index in [1.807, 2.05) is 0 Å². The minimum absolute atomic E-state index is 0.302. The van der Waals surface area contributed by atoms with E-state index in [0.717, 1.165) is 4.91 Å².